The van der Waals surface area contributed by atoms with Crippen LogP contribution in [0.1, 0.15) is 34.9 Å². The highest BCUT2D eigenvalue weighted by Crippen LogP contribution is 2.22. The number of benzene rings is 1. The molecule has 6 heteroatoms. The Morgan fingerprint density at radius 1 is 1.32 bits per heavy atom. The third-order valence-electron chi connectivity index (χ3n) is 3.81. The number of rotatable bonds is 4. The lowest BCUT2D eigenvalue weighted by Crippen LogP contribution is -2.41. The second-order valence-corrected chi connectivity index (χ2v) is 5.38. The molecule has 0 radical (unpaired) electrons. The molecule has 114 valence electrons. The molecule has 1 fully saturated rings. The molecule has 1 unspecified atom stereocenters. The van der Waals surface area contributed by atoms with Crippen LogP contribution in [0.4, 0.5) is 0 Å². The van der Waals surface area contributed by atoms with E-state index in [1.165, 1.54) is 0 Å². The minimum atomic E-state index is -0.386. The van der Waals surface area contributed by atoms with Crippen molar-refractivity contribution in [3.63, 3.8) is 0 Å². The lowest BCUT2D eigenvalue weighted by Gasteiger charge is -2.23. The topological polar surface area (TPSA) is 76.3 Å². The van der Waals surface area contributed by atoms with Crippen LogP contribution in [0.2, 0.25) is 0 Å². The van der Waals surface area contributed by atoms with Crippen molar-refractivity contribution < 1.29 is 14.1 Å². The molecule has 0 aliphatic carbocycles. The van der Waals surface area contributed by atoms with E-state index in [0.29, 0.717) is 30.2 Å². The Balaban J connectivity index is 1.72. The predicted molar refractivity (Wildman–Crippen MR) is 78.2 cm³/mol. The monoisotopic (exact) mass is 299 g/mol. The minimum Gasteiger partial charge on any atom is -0.340 e. The summed E-state index contributed by atoms with van der Waals surface area (Å²) in [6.07, 6.45) is 1.60. The molecule has 1 amide bonds. The molecule has 1 aliphatic heterocycles. The molecular weight excluding hydrogens is 282 g/mol. The number of nitrogens with zero attached hydrogens (tertiary/aromatic N) is 3. The SMILES string of the molecule is Cc1nc(CC(=O)N2CCCC2C(=O)c2ccccc2)no1. The maximum atomic E-state index is 12.6. The summed E-state index contributed by atoms with van der Waals surface area (Å²) in [7, 11) is 0. The predicted octanol–water partition coefficient (Wildman–Crippen LogP) is 1.79. The molecule has 22 heavy (non-hydrogen) atoms. The van der Waals surface area contributed by atoms with Crippen molar-refractivity contribution in [3.8, 4) is 0 Å². The normalized spacial score (nSPS) is 17.7. The summed E-state index contributed by atoms with van der Waals surface area (Å²) in [5.41, 5.74) is 0.641. The first-order valence-corrected chi connectivity index (χ1v) is 7.33. The molecule has 0 saturated carbocycles. The number of aryl methyl sites for hydroxylation is 1. The smallest absolute Gasteiger partial charge is 0.231 e. The molecule has 1 atom stereocenters. The summed E-state index contributed by atoms with van der Waals surface area (Å²) in [5, 5.41) is 3.74. The van der Waals surface area contributed by atoms with Crippen molar-refractivity contribution >= 4 is 11.7 Å². The van der Waals surface area contributed by atoms with Gasteiger partial charge in [0.15, 0.2) is 11.6 Å². The number of amides is 1. The molecular formula is C16H17N3O3. The van der Waals surface area contributed by atoms with Gasteiger partial charge in [-0.05, 0) is 12.8 Å². The number of hydrogen-bond donors (Lipinski definition) is 0. The van der Waals surface area contributed by atoms with Gasteiger partial charge < -0.3 is 9.42 Å². The zero-order valence-electron chi connectivity index (χ0n) is 12.4. The highest BCUT2D eigenvalue weighted by Gasteiger charge is 2.34. The number of likely N-dealkylation sites (tertiary alicyclic amines) is 1. The summed E-state index contributed by atoms with van der Waals surface area (Å²) in [5.74, 6) is 0.657. The Kier molecular flexibility index (Phi) is 4.00. The lowest BCUT2D eigenvalue weighted by molar-refractivity contribution is -0.130. The maximum absolute atomic E-state index is 12.6. The van der Waals surface area contributed by atoms with E-state index in [1.54, 1.807) is 24.0 Å². The molecule has 0 bridgehead atoms. The number of aromatic nitrogens is 2. The second-order valence-electron chi connectivity index (χ2n) is 5.38. The Labute approximate surface area is 128 Å². The van der Waals surface area contributed by atoms with Crippen LogP contribution in [-0.4, -0.2) is 39.3 Å². The summed E-state index contributed by atoms with van der Waals surface area (Å²) in [6.45, 7) is 2.28. The third kappa shape index (κ3) is 2.90. The van der Waals surface area contributed by atoms with Gasteiger partial charge in [0.25, 0.3) is 0 Å². The van der Waals surface area contributed by atoms with E-state index in [-0.39, 0.29) is 24.2 Å². The Morgan fingerprint density at radius 3 is 2.77 bits per heavy atom. The first-order chi connectivity index (χ1) is 10.6. The summed E-state index contributed by atoms with van der Waals surface area (Å²) in [4.78, 5) is 30.7. The first-order valence-electron chi connectivity index (χ1n) is 7.33. The highest BCUT2D eigenvalue weighted by atomic mass is 16.5. The molecule has 6 nitrogen and oxygen atoms in total. The number of ketones is 1. The van der Waals surface area contributed by atoms with Crippen LogP contribution in [0.15, 0.2) is 34.9 Å². The van der Waals surface area contributed by atoms with Crippen LogP contribution < -0.4 is 0 Å². The van der Waals surface area contributed by atoms with Crippen LogP contribution in [0, 0.1) is 6.92 Å². The van der Waals surface area contributed by atoms with Gasteiger partial charge in [0.2, 0.25) is 11.8 Å². The number of Topliss-reactive ketones (excluding diaryl/α,β-unsaturated/α-hetero) is 1. The molecule has 1 aromatic carbocycles. The Morgan fingerprint density at radius 2 is 2.09 bits per heavy atom. The van der Waals surface area contributed by atoms with Gasteiger partial charge in [-0.15, -0.1) is 0 Å². The minimum absolute atomic E-state index is 0.00394. The van der Waals surface area contributed by atoms with Crippen LogP contribution in [-0.2, 0) is 11.2 Å². The van der Waals surface area contributed by atoms with Gasteiger partial charge >= 0.3 is 0 Å². The van der Waals surface area contributed by atoms with E-state index in [2.05, 4.69) is 10.1 Å². The van der Waals surface area contributed by atoms with Gasteiger partial charge in [0.1, 0.15) is 0 Å². The van der Waals surface area contributed by atoms with Crippen molar-refractivity contribution in [2.45, 2.75) is 32.2 Å². The molecule has 2 aromatic rings. The van der Waals surface area contributed by atoms with Crippen molar-refractivity contribution in [1.29, 1.82) is 0 Å². The van der Waals surface area contributed by atoms with E-state index < -0.39 is 0 Å². The van der Waals surface area contributed by atoms with Crippen LogP contribution in [0.5, 0.6) is 0 Å². The Bertz CT molecular complexity index is 681. The van der Waals surface area contributed by atoms with Crippen molar-refractivity contribution in [2.24, 2.45) is 0 Å². The van der Waals surface area contributed by atoms with E-state index in [0.717, 1.165) is 6.42 Å². The standard InChI is InChI=1S/C16H17N3O3/c1-11-17-14(18-22-11)10-15(20)19-9-5-8-13(19)16(21)12-6-3-2-4-7-12/h2-4,6-7,13H,5,8-10H2,1H3. The van der Waals surface area contributed by atoms with Crippen molar-refractivity contribution in [2.75, 3.05) is 6.54 Å². The van der Waals surface area contributed by atoms with Gasteiger partial charge in [-0.3, -0.25) is 9.59 Å². The molecule has 0 spiro atoms. The van der Waals surface area contributed by atoms with E-state index >= 15 is 0 Å². The average Bonchev–Trinajstić information content (AvgIpc) is 3.16. The average molecular weight is 299 g/mol. The molecule has 1 aromatic heterocycles. The van der Waals surface area contributed by atoms with E-state index in [4.69, 9.17) is 4.52 Å². The van der Waals surface area contributed by atoms with Gasteiger partial charge in [-0.25, -0.2) is 0 Å². The fraction of sp³-hybridized carbons (Fsp3) is 0.375. The number of hydrogen-bond acceptors (Lipinski definition) is 5. The Hall–Kier alpha value is -2.50. The summed E-state index contributed by atoms with van der Waals surface area (Å²) < 4.78 is 4.87. The van der Waals surface area contributed by atoms with Crippen LogP contribution in [0.25, 0.3) is 0 Å². The summed E-state index contributed by atoms with van der Waals surface area (Å²) >= 11 is 0. The fourth-order valence-electron chi connectivity index (χ4n) is 2.78. The van der Waals surface area contributed by atoms with Crippen LogP contribution in [0.3, 0.4) is 0 Å². The van der Waals surface area contributed by atoms with E-state index in [9.17, 15) is 9.59 Å². The van der Waals surface area contributed by atoms with Crippen LogP contribution >= 0.6 is 0 Å². The maximum Gasteiger partial charge on any atom is 0.231 e. The number of carbonyl (C=O) groups excluding carboxylic acids is 2. The van der Waals surface area contributed by atoms with E-state index in [1.807, 2.05) is 18.2 Å². The molecule has 2 heterocycles. The molecule has 3 rings (SSSR count). The highest BCUT2D eigenvalue weighted by molar-refractivity contribution is 6.02. The zero-order valence-corrected chi connectivity index (χ0v) is 12.4. The molecule has 1 saturated heterocycles. The quantitative estimate of drug-likeness (QED) is 0.805. The number of carbonyl (C=O) groups is 2. The zero-order chi connectivity index (χ0) is 15.5. The summed E-state index contributed by atoms with van der Waals surface area (Å²) in [6, 6.07) is 8.71. The van der Waals surface area contributed by atoms with Crippen molar-refractivity contribution in [1.82, 2.24) is 15.0 Å². The first kappa shape index (κ1) is 14.4. The van der Waals surface area contributed by atoms with Gasteiger partial charge in [0, 0.05) is 19.0 Å². The van der Waals surface area contributed by atoms with Gasteiger partial charge in [0.05, 0.1) is 12.5 Å². The second kappa shape index (κ2) is 6.09. The molecule has 0 N–H and O–H groups in total. The molecule has 1 aliphatic rings. The largest absolute Gasteiger partial charge is 0.340 e. The fourth-order valence-corrected chi connectivity index (χ4v) is 2.78. The van der Waals surface area contributed by atoms with Crippen molar-refractivity contribution in [3.05, 3.63) is 47.6 Å². The van der Waals surface area contributed by atoms with Gasteiger partial charge in [-0.2, -0.15) is 4.98 Å². The van der Waals surface area contributed by atoms with Gasteiger partial charge in [-0.1, -0.05) is 35.5 Å². The third-order valence-corrected chi connectivity index (χ3v) is 3.81. The lowest BCUT2D eigenvalue weighted by atomic mass is 10.0.